The molecule has 12 heteroatoms. The summed E-state index contributed by atoms with van der Waals surface area (Å²) in [5.41, 5.74) is 21.5. The molecule has 2 unspecified atom stereocenters. The molecule has 0 spiro atoms. The zero-order valence-electron chi connectivity index (χ0n) is 8.85. The average Bonchev–Trinajstić information content (AvgIpc) is 1.87. The highest BCUT2D eigenvalue weighted by atomic mass is 35.5. The van der Waals surface area contributed by atoms with Crippen LogP contribution in [-0.4, -0.2) is 25.2 Å². The van der Waals surface area contributed by atoms with Crippen LogP contribution in [0.2, 0.25) is 0 Å². The molecule has 0 aromatic heterocycles. The number of halogens is 8. The quantitative estimate of drug-likeness (QED) is 0.547. The van der Waals surface area contributed by atoms with Crippen molar-refractivity contribution in [1.29, 1.82) is 0 Å². The summed E-state index contributed by atoms with van der Waals surface area (Å²) in [6, 6.07) is 0.00657. The highest BCUT2D eigenvalue weighted by Gasteiger charge is 2.04. The smallest absolute Gasteiger partial charge is 0.0178 e. The third-order valence-corrected chi connectivity index (χ3v) is 1.21. The van der Waals surface area contributed by atoms with Crippen molar-refractivity contribution in [2.75, 3.05) is 13.1 Å². The van der Waals surface area contributed by atoms with Crippen molar-refractivity contribution in [3.8, 4) is 0 Å². The fraction of sp³-hybridized carbons (Fsp3) is 1.00. The van der Waals surface area contributed by atoms with Gasteiger partial charge in [-0.3, -0.25) is 0 Å². The van der Waals surface area contributed by atoms with Gasteiger partial charge in [-0.1, -0.05) is 0 Å². The van der Waals surface area contributed by atoms with E-state index in [1.54, 1.807) is 0 Å². The molecule has 17 heavy (non-hydrogen) atoms. The third kappa shape index (κ3) is 45.9. The first-order valence-electron chi connectivity index (χ1n) is 3.12. The van der Waals surface area contributed by atoms with Crippen molar-refractivity contribution < 1.29 is 0 Å². The molecule has 4 nitrogen and oxygen atoms in total. The van der Waals surface area contributed by atoms with Crippen LogP contribution in [0.5, 0.6) is 0 Å². The summed E-state index contributed by atoms with van der Waals surface area (Å²) >= 11 is 0. The van der Waals surface area contributed by atoms with Gasteiger partial charge in [0.1, 0.15) is 0 Å². The SMILES string of the molecule is Cl.Cl.Cl.Cl.Cl.Cl.Cl.Cl.NCC(N)CC(N)CN. The van der Waals surface area contributed by atoms with Crippen LogP contribution in [0.3, 0.4) is 0 Å². The van der Waals surface area contributed by atoms with Gasteiger partial charge in [-0.2, -0.15) is 0 Å². The van der Waals surface area contributed by atoms with E-state index >= 15 is 0 Å². The van der Waals surface area contributed by atoms with Gasteiger partial charge in [0.05, 0.1) is 0 Å². The van der Waals surface area contributed by atoms with E-state index in [9.17, 15) is 0 Å². The third-order valence-electron chi connectivity index (χ3n) is 1.21. The van der Waals surface area contributed by atoms with Crippen LogP contribution in [0, 0.1) is 0 Å². The summed E-state index contributed by atoms with van der Waals surface area (Å²) in [5, 5.41) is 0. The molecule has 0 aliphatic carbocycles. The largest absolute Gasteiger partial charge is 0.329 e. The van der Waals surface area contributed by atoms with E-state index in [1.807, 2.05) is 0 Å². The minimum absolute atomic E-state index is 0. The molecule has 0 aromatic carbocycles. The summed E-state index contributed by atoms with van der Waals surface area (Å²) in [6.07, 6.45) is 0.715. The van der Waals surface area contributed by atoms with Crippen molar-refractivity contribution >= 4 is 99.3 Å². The minimum Gasteiger partial charge on any atom is -0.329 e. The van der Waals surface area contributed by atoms with E-state index in [0.29, 0.717) is 19.5 Å². The summed E-state index contributed by atoms with van der Waals surface area (Å²) in [4.78, 5) is 0. The number of nitrogens with two attached hydrogens (primary N) is 4. The lowest BCUT2D eigenvalue weighted by molar-refractivity contribution is 0.532. The average molecular weight is 424 g/mol. The van der Waals surface area contributed by atoms with Gasteiger partial charge in [-0.25, -0.2) is 0 Å². The van der Waals surface area contributed by atoms with Gasteiger partial charge in [0.2, 0.25) is 0 Å². The van der Waals surface area contributed by atoms with E-state index in [2.05, 4.69) is 0 Å². The molecule has 0 heterocycles. The van der Waals surface area contributed by atoms with E-state index < -0.39 is 0 Å². The second kappa shape index (κ2) is 42.9. The van der Waals surface area contributed by atoms with Crippen LogP contribution in [0.25, 0.3) is 0 Å². The maximum absolute atomic E-state index is 5.49. The molecule has 0 saturated carbocycles. The highest BCUT2D eigenvalue weighted by molar-refractivity contribution is 5.86. The minimum atomic E-state index is 0. The summed E-state index contributed by atoms with van der Waals surface area (Å²) in [5.74, 6) is 0. The molecular weight excluding hydrogens is 400 g/mol. The zero-order chi connectivity index (χ0) is 7.28. The van der Waals surface area contributed by atoms with Crippen LogP contribution in [0.1, 0.15) is 6.42 Å². The van der Waals surface area contributed by atoms with Crippen molar-refractivity contribution in [1.82, 2.24) is 0 Å². The van der Waals surface area contributed by atoms with Gasteiger partial charge < -0.3 is 22.9 Å². The van der Waals surface area contributed by atoms with Crippen molar-refractivity contribution in [2.45, 2.75) is 18.5 Å². The van der Waals surface area contributed by atoms with Crippen molar-refractivity contribution in [3.05, 3.63) is 0 Å². The molecule has 0 rings (SSSR count). The number of hydrogen-bond acceptors (Lipinski definition) is 4. The molecule has 8 N–H and O–H groups in total. The molecule has 0 radical (unpaired) electrons. The van der Waals surface area contributed by atoms with E-state index in [1.165, 1.54) is 0 Å². The van der Waals surface area contributed by atoms with Gasteiger partial charge in [-0.15, -0.1) is 99.3 Å². The molecule has 0 aromatic rings. The Bertz CT molecular complexity index is 74.9. The molecule has 0 aliphatic heterocycles. The monoisotopic (exact) mass is 420 g/mol. The fourth-order valence-electron chi connectivity index (χ4n) is 0.581. The van der Waals surface area contributed by atoms with Crippen molar-refractivity contribution in [3.63, 3.8) is 0 Å². The Balaban J connectivity index is -0.0000000114. The molecule has 0 aliphatic rings. The van der Waals surface area contributed by atoms with Gasteiger partial charge in [0.15, 0.2) is 0 Å². The van der Waals surface area contributed by atoms with Crippen LogP contribution < -0.4 is 22.9 Å². The van der Waals surface area contributed by atoms with E-state index in [4.69, 9.17) is 22.9 Å². The molecule has 0 bridgehead atoms. The van der Waals surface area contributed by atoms with Crippen LogP contribution in [-0.2, 0) is 0 Å². The first-order chi connectivity index (χ1) is 4.20. The second-order valence-electron chi connectivity index (χ2n) is 2.23. The lowest BCUT2D eigenvalue weighted by atomic mass is 10.1. The summed E-state index contributed by atoms with van der Waals surface area (Å²) in [7, 11) is 0. The Hall–Kier alpha value is 2.16. The number of hydrogen-bond donors (Lipinski definition) is 4. The summed E-state index contributed by atoms with van der Waals surface area (Å²) < 4.78 is 0. The predicted octanol–water partition coefficient (Wildman–Crippen LogP) is 1.32. The first-order valence-corrected chi connectivity index (χ1v) is 3.12. The van der Waals surface area contributed by atoms with Crippen LogP contribution in [0.15, 0.2) is 0 Å². The first kappa shape index (κ1) is 61.2. The van der Waals surface area contributed by atoms with Crippen LogP contribution in [0.4, 0.5) is 0 Å². The maximum atomic E-state index is 5.49. The standard InChI is InChI=1S/C5H16N4.8ClH/c6-2-4(8)1-5(9)3-7;;;;;;;;/h4-5H,1-3,6-9H2;8*1H. The molecule has 0 fully saturated rings. The van der Waals surface area contributed by atoms with Crippen molar-refractivity contribution in [2.24, 2.45) is 22.9 Å². The molecule has 0 saturated heterocycles. The Kier molecular flexibility index (Phi) is 155. The lowest BCUT2D eigenvalue weighted by Gasteiger charge is -2.12. The maximum Gasteiger partial charge on any atom is 0.0178 e. The normalized spacial score (nSPS) is 9.18. The Morgan fingerprint density at radius 2 is 0.706 bits per heavy atom. The topological polar surface area (TPSA) is 104 Å². The van der Waals surface area contributed by atoms with Gasteiger partial charge in [0, 0.05) is 25.2 Å². The molecular formula is C5H24Cl8N4. The van der Waals surface area contributed by atoms with Gasteiger partial charge >= 0.3 is 0 Å². The molecule has 2 atom stereocenters. The Morgan fingerprint density at radius 1 is 0.529 bits per heavy atom. The molecule has 0 amide bonds. The lowest BCUT2D eigenvalue weighted by Crippen LogP contribution is -2.40. The predicted molar refractivity (Wildman–Crippen MR) is 96.7 cm³/mol. The number of rotatable bonds is 4. The molecule has 120 valence electrons. The Labute approximate surface area is 153 Å². The van der Waals surface area contributed by atoms with E-state index in [-0.39, 0.29) is 111 Å². The van der Waals surface area contributed by atoms with Crippen LogP contribution >= 0.6 is 99.3 Å². The van der Waals surface area contributed by atoms with E-state index in [0.717, 1.165) is 0 Å². The van der Waals surface area contributed by atoms with Gasteiger partial charge in [0.25, 0.3) is 0 Å². The second-order valence-corrected chi connectivity index (χ2v) is 2.23. The summed E-state index contributed by atoms with van der Waals surface area (Å²) in [6.45, 7) is 0.960. The fourth-order valence-corrected chi connectivity index (χ4v) is 0.581. The van der Waals surface area contributed by atoms with Gasteiger partial charge in [-0.05, 0) is 6.42 Å². The Morgan fingerprint density at radius 3 is 0.824 bits per heavy atom. The highest BCUT2D eigenvalue weighted by Crippen LogP contribution is 1.88. The zero-order valence-corrected chi connectivity index (χ0v) is 15.4.